The summed E-state index contributed by atoms with van der Waals surface area (Å²) in [6.07, 6.45) is 0. The zero-order valence-electron chi connectivity index (χ0n) is 23.1. The maximum absolute atomic E-state index is 13.7. The van der Waals surface area contributed by atoms with E-state index in [0.29, 0.717) is 45.5 Å². The van der Waals surface area contributed by atoms with Crippen LogP contribution in [0.1, 0.15) is 22.7 Å². The average molecular weight is 613 g/mol. The molecule has 1 N–H and O–H groups in total. The number of aliphatic hydroxyl groups is 1. The van der Waals surface area contributed by atoms with Gasteiger partial charge in [-0.05, 0) is 53.6 Å². The van der Waals surface area contributed by atoms with Crippen molar-refractivity contribution < 1.29 is 28.9 Å². The fourth-order valence-electron chi connectivity index (χ4n) is 4.97. The Bertz CT molecular complexity index is 1890. The van der Waals surface area contributed by atoms with Crippen LogP contribution in [0, 0.1) is 0 Å². The molecule has 1 amide bonds. The first-order valence-electron chi connectivity index (χ1n) is 13.2. The first kappa shape index (κ1) is 28.3. The van der Waals surface area contributed by atoms with Crippen LogP contribution in [0.5, 0.6) is 17.2 Å². The van der Waals surface area contributed by atoms with Crippen molar-refractivity contribution in [2.75, 3.05) is 19.1 Å². The number of benzene rings is 4. The van der Waals surface area contributed by atoms with Crippen molar-refractivity contribution in [3.05, 3.63) is 118 Å². The van der Waals surface area contributed by atoms with Crippen molar-refractivity contribution in [3.8, 4) is 17.2 Å². The highest BCUT2D eigenvalue weighted by molar-refractivity contribution is 7.22. The molecule has 4 aromatic carbocycles. The Balaban J connectivity index is 1.48. The predicted molar refractivity (Wildman–Crippen MR) is 166 cm³/mol. The molecule has 0 radical (unpaired) electrons. The molecule has 0 spiro atoms. The van der Waals surface area contributed by atoms with Gasteiger partial charge in [0.05, 0.1) is 36.1 Å². The number of ether oxygens (including phenoxy) is 3. The number of fused-ring (bicyclic) bond motifs is 1. The molecule has 1 saturated heterocycles. The first-order valence-corrected chi connectivity index (χ1v) is 14.4. The van der Waals surface area contributed by atoms with Crippen LogP contribution in [-0.2, 0) is 16.2 Å². The molecule has 1 fully saturated rings. The number of carbonyl (C=O) groups is 2. The van der Waals surface area contributed by atoms with Crippen LogP contribution in [0.2, 0.25) is 5.02 Å². The number of thiazole rings is 1. The van der Waals surface area contributed by atoms with Crippen molar-refractivity contribution in [2.45, 2.75) is 12.6 Å². The lowest BCUT2D eigenvalue weighted by atomic mass is 9.95. The minimum absolute atomic E-state index is 0.0875. The molecule has 1 aromatic heterocycles. The number of aromatic nitrogens is 1. The van der Waals surface area contributed by atoms with Gasteiger partial charge in [-0.3, -0.25) is 14.5 Å². The van der Waals surface area contributed by atoms with Gasteiger partial charge in [0, 0.05) is 10.6 Å². The number of aliphatic hydroxyl groups excluding tert-OH is 1. The van der Waals surface area contributed by atoms with Gasteiger partial charge < -0.3 is 19.3 Å². The van der Waals surface area contributed by atoms with E-state index < -0.39 is 17.7 Å². The van der Waals surface area contributed by atoms with Crippen molar-refractivity contribution in [1.29, 1.82) is 0 Å². The van der Waals surface area contributed by atoms with Crippen LogP contribution in [0.3, 0.4) is 0 Å². The summed E-state index contributed by atoms with van der Waals surface area (Å²) in [5, 5.41) is 12.3. The van der Waals surface area contributed by atoms with Gasteiger partial charge in [-0.15, -0.1) is 0 Å². The van der Waals surface area contributed by atoms with Gasteiger partial charge in [0.25, 0.3) is 5.78 Å². The Kier molecular flexibility index (Phi) is 7.75. The maximum atomic E-state index is 13.7. The molecule has 6 rings (SSSR count). The van der Waals surface area contributed by atoms with Gasteiger partial charge in [0.2, 0.25) is 0 Å². The number of rotatable bonds is 8. The quantitative estimate of drug-likeness (QED) is 0.113. The summed E-state index contributed by atoms with van der Waals surface area (Å²) in [6.45, 7) is 0.319. The molecular formula is C33H25ClN2O6S. The molecule has 0 aliphatic carbocycles. The van der Waals surface area contributed by atoms with Gasteiger partial charge >= 0.3 is 5.91 Å². The summed E-state index contributed by atoms with van der Waals surface area (Å²) in [5.41, 5.74) is 2.37. The summed E-state index contributed by atoms with van der Waals surface area (Å²) < 4.78 is 17.8. The van der Waals surface area contributed by atoms with E-state index in [0.717, 1.165) is 10.3 Å². The Morgan fingerprint density at radius 3 is 2.51 bits per heavy atom. The number of hydrogen-bond donors (Lipinski definition) is 1. The second kappa shape index (κ2) is 11.8. The second-order valence-corrected chi connectivity index (χ2v) is 11.1. The Morgan fingerprint density at radius 1 is 0.930 bits per heavy atom. The lowest BCUT2D eigenvalue weighted by Gasteiger charge is -2.24. The van der Waals surface area contributed by atoms with Gasteiger partial charge in [0.15, 0.2) is 16.6 Å². The van der Waals surface area contributed by atoms with Crippen molar-refractivity contribution in [1.82, 2.24) is 4.98 Å². The van der Waals surface area contributed by atoms with E-state index in [2.05, 4.69) is 4.98 Å². The minimum atomic E-state index is -1.01. The Morgan fingerprint density at radius 2 is 1.74 bits per heavy atom. The zero-order chi connectivity index (χ0) is 30.1. The van der Waals surface area contributed by atoms with E-state index >= 15 is 0 Å². The van der Waals surface area contributed by atoms with Gasteiger partial charge in [-0.1, -0.05) is 71.5 Å². The molecule has 1 unspecified atom stereocenters. The molecule has 1 atom stereocenters. The number of ketones is 1. The van der Waals surface area contributed by atoms with Crippen LogP contribution < -0.4 is 19.1 Å². The normalized spacial score (nSPS) is 16.1. The van der Waals surface area contributed by atoms with Crippen LogP contribution >= 0.6 is 22.9 Å². The fraction of sp³-hybridized carbons (Fsp3) is 0.121. The molecular weight excluding hydrogens is 588 g/mol. The van der Waals surface area contributed by atoms with Gasteiger partial charge in [0.1, 0.15) is 18.1 Å². The minimum Gasteiger partial charge on any atom is -0.507 e. The van der Waals surface area contributed by atoms with Crippen LogP contribution in [0.25, 0.3) is 16.0 Å². The lowest BCUT2D eigenvalue weighted by Crippen LogP contribution is -2.29. The molecule has 43 heavy (non-hydrogen) atoms. The molecule has 10 heteroatoms. The predicted octanol–water partition coefficient (Wildman–Crippen LogP) is 7.17. The average Bonchev–Trinajstić information content (AvgIpc) is 3.57. The molecule has 1 aliphatic rings. The molecule has 0 saturated carbocycles. The smallest absolute Gasteiger partial charge is 0.301 e. The Labute approximate surface area is 256 Å². The van der Waals surface area contributed by atoms with E-state index in [-0.39, 0.29) is 16.5 Å². The lowest BCUT2D eigenvalue weighted by molar-refractivity contribution is -0.132. The summed E-state index contributed by atoms with van der Waals surface area (Å²) in [5.74, 6) is -0.628. The molecule has 8 nitrogen and oxygen atoms in total. The zero-order valence-corrected chi connectivity index (χ0v) is 24.7. The van der Waals surface area contributed by atoms with E-state index in [9.17, 15) is 14.7 Å². The number of halogens is 1. The van der Waals surface area contributed by atoms with Crippen LogP contribution in [0.15, 0.2) is 96.6 Å². The number of amides is 1. The highest BCUT2D eigenvalue weighted by Crippen LogP contribution is 2.46. The number of hydrogen-bond acceptors (Lipinski definition) is 8. The topological polar surface area (TPSA) is 98.2 Å². The van der Waals surface area contributed by atoms with Crippen LogP contribution in [-0.4, -0.2) is 36.0 Å². The van der Waals surface area contributed by atoms with Crippen molar-refractivity contribution in [3.63, 3.8) is 0 Å². The first-order chi connectivity index (χ1) is 20.9. The van der Waals surface area contributed by atoms with Crippen molar-refractivity contribution >= 4 is 55.7 Å². The third kappa shape index (κ3) is 5.40. The van der Waals surface area contributed by atoms with Gasteiger partial charge in [-0.2, -0.15) is 0 Å². The van der Waals surface area contributed by atoms with E-state index in [4.69, 9.17) is 25.8 Å². The third-order valence-electron chi connectivity index (χ3n) is 7.07. The third-order valence-corrected chi connectivity index (χ3v) is 8.33. The van der Waals surface area contributed by atoms with Crippen molar-refractivity contribution in [2.24, 2.45) is 0 Å². The SMILES string of the molecule is COc1cccc(/C(O)=C2\C(=O)C(=O)N(c3nc4ccc(Cl)cc4s3)C2c2ccc(OCc3ccccc3)c(OC)c2)c1. The maximum Gasteiger partial charge on any atom is 0.301 e. The molecule has 0 bridgehead atoms. The molecule has 2 heterocycles. The van der Waals surface area contributed by atoms with E-state index in [1.807, 2.05) is 30.3 Å². The highest BCUT2D eigenvalue weighted by Gasteiger charge is 2.48. The second-order valence-electron chi connectivity index (χ2n) is 9.69. The standard InChI is InChI=1S/C33H25ClN2O6S/c1-40-23-10-6-9-21(15-23)30(37)28-29(20-11-14-25(26(16-20)41-2)42-18-19-7-4-3-5-8-19)36(32(39)31(28)38)33-35-24-13-12-22(34)17-27(24)43-33/h3-17,29,37H,18H2,1-2H3/b30-28+. The summed E-state index contributed by atoms with van der Waals surface area (Å²) >= 11 is 7.43. The number of carbonyl (C=O) groups excluding carboxylic acids is 2. The van der Waals surface area contributed by atoms with Crippen LogP contribution in [0.4, 0.5) is 5.13 Å². The number of anilines is 1. The molecule has 216 valence electrons. The number of methoxy groups -OCH3 is 2. The van der Waals surface area contributed by atoms with E-state index in [1.54, 1.807) is 60.7 Å². The number of Topliss-reactive ketones (excluding diaryl/α,β-unsaturated/α-hetero) is 1. The van der Waals surface area contributed by atoms with E-state index in [1.165, 1.54) is 30.5 Å². The fourth-order valence-corrected chi connectivity index (χ4v) is 6.24. The number of nitrogens with zero attached hydrogens (tertiary/aromatic N) is 2. The molecule has 1 aliphatic heterocycles. The monoisotopic (exact) mass is 612 g/mol. The largest absolute Gasteiger partial charge is 0.507 e. The summed E-state index contributed by atoms with van der Waals surface area (Å²) in [4.78, 5) is 33.3. The Hall–Kier alpha value is -4.86. The van der Waals surface area contributed by atoms with Gasteiger partial charge in [-0.25, -0.2) is 4.98 Å². The highest BCUT2D eigenvalue weighted by atomic mass is 35.5. The summed E-state index contributed by atoms with van der Waals surface area (Å²) in [6, 6.07) is 25.7. The summed E-state index contributed by atoms with van der Waals surface area (Å²) in [7, 11) is 3.02. The molecule has 5 aromatic rings.